The summed E-state index contributed by atoms with van der Waals surface area (Å²) in [4.78, 5) is 22.8. The van der Waals surface area contributed by atoms with E-state index in [9.17, 15) is 9.90 Å². The third-order valence-electron chi connectivity index (χ3n) is 9.64. The average molecular weight is 689 g/mol. The number of carbonyl (C=O) groups excluding carboxylic acids is 1. The molecule has 51 heavy (non-hydrogen) atoms. The molecule has 0 saturated heterocycles. The minimum absolute atomic E-state index is 0.0424. The lowest BCUT2D eigenvalue weighted by atomic mass is 9.80. The van der Waals surface area contributed by atoms with E-state index in [2.05, 4.69) is 20.9 Å². The van der Waals surface area contributed by atoms with E-state index < -0.39 is 23.2 Å². The number of aliphatic hydroxyl groups excluding tert-OH is 1. The minimum Gasteiger partial charge on any atom is -0.494 e. The smallest absolute Gasteiger partial charge is 0.266 e. The highest BCUT2D eigenvalue weighted by Gasteiger charge is 2.53. The van der Waals surface area contributed by atoms with Gasteiger partial charge in [-0.05, 0) is 70.5 Å². The molecule has 4 N–H and O–H groups in total. The Bertz CT molecular complexity index is 1840. The Morgan fingerprint density at radius 2 is 1.57 bits per heavy atom. The molecule has 0 radical (unpaired) electrons. The monoisotopic (exact) mass is 688 g/mol. The summed E-state index contributed by atoms with van der Waals surface area (Å²) in [5.41, 5.74) is 17.7. The molecule has 1 aliphatic carbocycles. The van der Waals surface area contributed by atoms with E-state index in [0.29, 0.717) is 43.1 Å². The predicted molar refractivity (Wildman–Crippen MR) is 196 cm³/mol. The van der Waals surface area contributed by atoms with Crippen LogP contribution in [0.5, 0.6) is 5.75 Å². The first kappa shape index (κ1) is 35.6. The third-order valence-corrected chi connectivity index (χ3v) is 9.64. The number of amides is 1. The molecule has 11 heteroatoms. The van der Waals surface area contributed by atoms with Gasteiger partial charge in [-0.3, -0.25) is 10.2 Å². The quantitative estimate of drug-likeness (QED) is 0.0356. The number of aliphatic hydroxyl groups is 2. The third kappa shape index (κ3) is 8.58. The summed E-state index contributed by atoms with van der Waals surface area (Å²) >= 11 is 0. The van der Waals surface area contributed by atoms with E-state index in [-0.39, 0.29) is 26.1 Å². The van der Waals surface area contributed by atoms with Crippen LogP contribution < -0.4 is 15.6 Å². The standard InChI is InChI=1S/C40H44N6O5/c41-46-42-27-34-13-6-5-12-33(34)26-40(38(48)45-43-28-39(49)22-7-2-8-23-39)36(31-16-14-30(15-17-31)29-10-3-1-4-11-29)51-37(44-40)32-18-20-35(21-19-32)50-25-9-24-47/h1,3-6,10-21,36,43,47,49H,2,7-9,22-28H2,(H,45,48)/t36-,40-/m0/s1. The van der Waals surface area contributed by atoms with Crippen LogP contribution in [0.15, 0.2) is 113 Å². The Morgan fingerprint density at radius 1 is 0.902 bits per heavy atom. The number of carbonyl (C=O) groups is 1. The van der Waals surface area contributed by atoms with E-state index >= 15 is 0 Å². The SMILES string of the molecule is [N-]=[N+]=NCc1ccccc1C[C@]1(C(=O)NNCC2(O)CCCCC2)N=C(c2ccc(OCCCO)cc2)O[C@H]1c1ccc(-c2ccccc2)cc1. The predicted octanol–water partition coefficient (Wildman–Crippen LogP) is 6.74. The second kappa shape index (κ2) is 16.7. The van der Waals surface area contributed by atoms with E-state index in [4.69, 9.17) is 25.1 Å². The molecule has 0 unspecified atom stereocenters. The highest BCUT2D eigenvalue weighted by Crippen LogP contribution is 2.43. The molecule has 0 spiro atoms. The molecular weight excluding hydrogens is 644 g/mol. The first-order chi connectivity index (χ1) is 24.9. The van der Waals surface area contributed by atoms with Crippen molar-refractivity contribution in [2.75, 3.05) is 19.8 Å². The number of aliphatic imine (C=N–C) groups is 1. The maximum Gasteiger partial charge on any atom is 0.266 e. The van der Waals surface area contributed by atoms with E-state index in [1.54, 1.807) is 0 Å². The number of hydrogen-bond donors (Lipinski definition) is 4. The van der Waals surface area contributed by atoms with Crippen molar-refractivity contribution in [2.24, 2.45) is 10.1 Å². The van der Waals surface area contributed by atoms with Crippen molar-refractivity contribution in [1.82, 2.24) is 10.9 Å². The highest BCUT2D eigenvalue weighted by molar-refractivity contribution is 6.01. The van der Waals surface area contributed by atoms with Crippen molar-refractivity contribution >= 4 is 11.8 Å². The number of ether oxygens (including phenoxy) is 2. The topological polar surface area (TPSA) is 161 Å². The number of azide groups is 1. The van der Waals surface area contributed by atoms with Gasteiger partial charge in [0, 0.05) is 36.5 Å². The van der Waals surface area contributed by atoms with E-state index in [0.717, 1.165) is 47.1 Å². The molecule has 1 heterocycles. The zero-order valence-electron chi connectivity index (χ0n) is 28.6. The molecule has 264 valence electrons. The highest BCUT2D eigenvalue weighted by atomic mass is 16.5. The molecule has 4 aromatic rings. The Morgan fingerprint density at radius 3 is 2.27 bits per heavy atom. The van der Waals surface area contributed by atoms with Crippen LogP contribution >= 0.6 is 0 Å². The van der Waals surface area contributed by atoms with E-state index in [1.807, 2.05) is 103 Å². The van der Waals surface area contributed by atoms with Crippen LogP contribution in [0.1, 0.15) is 66.9 Å². The summed E-state index contributed by atoms with van der Waals surface area (Å²) in [6.45, 7) is 0.741. The van der Waals surface area contributed by atoms with E-state index in [1.165, 1.54) is 0 Å². The van der Waals surface area contributed by atoms with Gasteiger partial charge in [-0.25, -0.2) is 10.4 Å². The maximum absolute atomic E-state index is 14.7. The molecule has 11 nitrogen and oxygen atoms in total. The lowest BCUT2D eigenvalue weighted by Gasteiger charge is -2.34. The fourth-order valence-electron chi connectivity index (χ4n) is 6.83. The summed E-state index contributed by atoms with van der Waals surface area (Å²) in [6, 6.07) is 32.9. The van der Waals surface area contributed by atoms with Gasteiger partial charge in [0.05, 0.1) is 18.8 Å². The Balaban J connectivity index is 1.40. The lowest BCUT2D eigenvalue weighted by Crippen LogP contribution is -2.56. The number of nitrogens with one attached hydrogen (secondary N) is 2. The largest absolute Gasteiger partial charge is 0.494 e. The molecule has 1 amide bonds. The molecule has 0 aromatic heterocycles. The van der Waals surface area contributed by atoms with Gasteiger partial charge in [0.2, 0.25) is 5.90 Å². The van der Waals surface area contributed by atoms with Gasteiger partial charge in [0.15, 0.2) is 11.6 Å². The molecule has 1 fully saturated rings. The Kier molecular flexibility index (Phi) is 11.7. The van der Waals surface area contributed by atoms with Crippen LogP contribution in [0.3, 0.4) is 0 Å². The number of hydrogen-bond acceptors (Lipinski definition) is 8. The Labute approximate surface area is 298 Å². The second-order valence-corrected chi connectivity index (χ2v) is 13.2. The molecular formula is C40H44N6O5. The summed E-state index contributed by atoms with van der Waals surface area (Å²) < 4.78 is 12.5. The second-order valence-electron chi connectivity index (χ2n) is 13.2. The van der Waals surface area contributed by atoms with Crippen molar-refractivity contribution in [1.29, 1.82) is 0 Å². The van der Waals surface area contributed by atoms with Gasteiger partial charge in [0.25, 0.3) is 5.91 Å². The first-order valence-electron chi connectivity index (χ1n) is 17.5. The van der Waals surface area contributed by atoms with Crippen molar-refractivity contribution in [3.05, 3.63) is 136 Å². The number of nitrogens with zero attached hydrogens (tertiary/aromatic N) is 4. The number of rotatable bonds is 15. The summed E-state index contributed by atoms with van der Waals surface area (Å²) in [5, 5.41) is 24.1. The fraction of sp³-hybridized carbons (Fsp3) is 0.350. The zero-order chi connectivity index (χ0) is 35.5. The maximum atomic E-state index is 14.7. The van der Waals surface area contributed by atoms with Crippen LogP contribution in [0.4, 0.5) is 0 Å². The lowest BCUT2D eigenvalue weighted by molar-refractivity contribution is -0.130. The molecule has 2 atom stereocenters. The fourth-order valence-corrected chi connectivity index (χ4v) is 6.83. The normalized spacial score (nSPS) is 19.3. The van der Waals surface area contributed by atoms with Crippen molar-refractivity contribution in [3.8, 4) is 16.9 Å². The molecule has 1 saturated carbocycles. The average Bonchev–Trinajstić information content (AvgIpc) is 3.56. The number of benzene rings is 4. The van der Waals surface area contributed by atoms with Gasteiger partial charge < -0.3 is 19.7 Å². The van der Waals surface area contributed by atoms with Crippen LogP contribution in [-0.2, 0) is 22.5 Å². The summed E-state index contributed by atoms with van der Waals surface area (Å²) in [7, 11) is 0. The van der Waals surface area contributed by atoms with Crippen LogP contribution in [0, 0.1) is 0 Å². The van der Waals surface area contributed by atoms with Crippen LogP contribution in [0.25, 0.3) is 21.6 Å². The first-order valence-corrected chi connectivity index (χ1v) is 17.5. The van der Waals surface area contributed by atoms with Gasteiger partial charge in [0.1, 0.15) is 5.75 Å². The van der Waals surface area contributed by atoms with Crippen molar-refractivity contribution < 1.29 is 24.5 Å². The van der Waals surface area contributed by atoms with Gasteiger partial charge in [-0.1, -0.05) is 103 Å². The minimum atomic E-state index is -1.51. The van der Waals surface area contributed by atoms with Crippen molar-refractivity contribution in [3.63, 3.8) is 0 Å². The molecule has 1 aliphatic heterocycles. The summed E-state index contributed by atoms with van der Waals surface area (Å²) in [6.07, 6.45) is 4.10. The van der Waals surface area contributed by atoms with Crippen LogP contribution in [-0.4, -0.2) is 52.9 Å². The van der Waals surface area contributed by atoms with Crippen LogP contribution in [0.2, 0.25) is 0 Å². The van der Waals surface area contributed by atoms with Gasteiger partial charge >= 0.3 is 0 Å². The van der Waals surface area contributed by atoms with Gasteiger partial charge in [-0.2, -0.15) is 0 Å². The van der Waals surface area contributed by atoms with Crippen molar-refractivity contribution in [2.45, 2.75) is 68.7 Å². The van der Waals surface area contributed by atoms with Gasteiger partial charge in [-0.15, -0.1) is 0 Å². The molecule has 0 bridgehead atoms. The molecule has 6 rings (SSSR count). The molecule has 2 aliphatic rings. The number of hydrazine groups is 1. The Hall–Kier alpha value is -5.19. The molecule has 4 aromatic carbocycles. The zero-order valence-corrected chi connectivity index (χ0v) is 28.6. The summed E-state index contributed by atoms with van der Waals surface area (Å²) in [5.74, 6) is 0.513.